The molecule has 10 heteroatoms. The summed E-state index contributed by atoms with van der Waals surface area (Å²) in [5, 5.41) is 2.72. The molecule has 0 saturated carbocycles. The highest BCUT2D eigenvalue weighted by atomic mass is 32.2. The molecule has 0 atom stereocenters. The number of Topliss-reactive ketones (excluding diaryl/α,β-unsaturated/α-hetero) is 1. The Labute approximate surface area is 197 Å². The summed E-state index contributed by atoms with van der Waals surface area (Å²) in [4.78, 5) is 36.4. The van der Waals surface area contributed by atoms with Crippen molar-refractivity contribution < 1.29 is 32.0 Å². The van der Waals surface area contributed by atoms with Gasteiger partial charge in [0.15, 0.2) is 12.4 Å². The third-order valence-electron chi connectivity index (χ3n) is 4.73. The first-order valence-electron chi connectivity index (χ1n) is 10.4. The third-order valence-corrected chi connectivity index (χ3v) is 6.13. The number of hydrogen-bond acceptors (Lipinski definition) is 7. The summed E-state index contributed by atoms with van der Waals surface area (Å²) in [5.74, 6) is -1.17. The van der Waals surface area contributed by atoms with Gasteiger partial charge in [-0.15, -0.1) is 0 Å². The summed E-state index contributed by atoms with van der Waals surface area (Å²) < 4.78 is 37.6. The number of anilines is 1. The van der Waals surface area contributed by atoms with Crippen LogP contribution < -0.4 is 10.0 Å². The number of esters is 1. The number of amides is 1. The quantitative estimate of drug-likeness (QED) is 0.333. The van der Waals surface area contributed by atoms with Crippen molar-refractivity contribution in [2.45, 2.75) is 25.3 Å². The number of hydrogen-bond donors (Lipinski definition) is 2. The van der Waals surface area contributed by atoms with Crippen LogP contribution in [0.3, 0.4) is 0 Å². The van der Waals surface area contributed by atoms with E-state index in [1.54, 1.807) is 38.1 Å². The highest BCUT2D eigenvalue weighted by Gasteiger charge is 2.18. The van der Waals surface area contributed by atoms with Gasteiger partial charge >= 0.3 is 5.97 Å². The number of sulfonamides is 1. The first kappa shape index (κ1) is 24.9. The number of furan rings is 1. The van der Waals surface area contributed by atoms with Crippen LogP contribution >= 0.6 is 0 Å². The van der Waals surface area contributed by atoms with E-state index in [1.165, 1.54) is 42.7 Å². The van der Waals surface area contributed by atoms with Crippen LogP contribution in [-0.4, -0.2) is 32.7 Å². The molecule has 3 aromatic rings. The van der Waals surface area contributed by atoms with E-state index < -0.39 is 28.4 Å². The lowest BCUT2D eigenvalue weighted by Gasteiger charge is -2.09. The van der Waals surface area contributed by atoms with Crippen molar-refractivity contribution in [3.63, 3.8) is 0 Å². The lowest BCUT2D eigenvalue weighted by atomic mass is 10.1. The maximum Gasteiger partial charge on any atom is 0.338 e. The predicted molar refractivity (Wildman–Crippen MR) is 124 cm³/mol. The topological polar surface area (TPSA) is 132 Å². The normalized spacial score (nSPS) is 11.3. The lowest BCUT2D eigenvalue weighted by molar-refractivity contribution is -0.118. The largest absolute Gasteiger partial charge is 0.468 e. The molecule has 0 unspecified atom stereocenters. The molecule has 34 heavy (non-hydrogen) atoms. The Balaban J connectivity index is 1.58. The van der Waals surface area contributed by atoms with E-state index in [0.29, 0.717) is 17.0 Å². The fourth-order valence-electron chi connectivity index (χ4n) is 2.78. The molecule has 178 valence electrons. The first-order chi connectivity index (χ1) is 16.2. The van der Waals surface area contributed by atoms with Crippen LogP contribution in [0.1, 0.15) is 40.3 Å². The fraction of sp³-hybridized carbons (Fsp3) is 0.208. The van der Waals surface area contributed by atoms with Gasteiger partial charge in [-0.05, 0) is 54.6 Å². The van der Waals surface area contributed by atoms with Crippen molar-refractivity contribution >= 4 is 33.4 Å². The number of carbonyl (C=O) groups is 3. The Morgan fingerprint density at radius 1 is 0.971 bits per heavy atom. The minimum absolute atomic E-state index is 0.0135. The van der Waals surface area contributed by atoms with Crippen LogP contribution in [-0.2, 0) is 26.1 Å². The van der Waals surface area contributed by atoms with Gasteiger partial charge in [-0.3, -0.25) is 9.59 Å². The maximum atomic E-state index is 12.5. The van der Waals surface area contributed by atoms with Crippen LogP contribution in [0.25, 0.3) is 0 Å². The number of carbonyl (C=O) groups excluding carboxylic acids is 3. The third kappa shape index (κ3) is 6.63. The fourth-order valence-corrected chi connectivity index (χ4v) is 3.82. The summed E-state index contributed by atoms with van der Waals surface area (Å²) in [6.45, 7) is 2.97. The summed E-state index contributed by atoms with van der Waals surface area (Å²) in [6.07, 6.45) is 1.43. The van der Waals surface area contributed by atoms with Crippen molar-refractivity contribution in [2.24, 2.45) is 5.92 Å². The van der Waals surface area contributed by atoms with E-state index in [1.807, 2.05) is 0 Å². The van der Waals surface area contributed by atoms with Crippen LogP contribution in [0.15, 0.2) is 76.2 Å². The van der Waals surface area contributed by atoms with Crippen LogP contribution in [0, 0.1) is 5.92 Å². The molecular weight excluding hydrogens is 460 g/mol. The Bertz CT molecular complexity index is 1260. The van der Waals surface area contributed by atoms with Gasteiger partial charge in [0.2, 0.25) is 15.9 Å². The standard InChI is InChI=1S/C24H24N2O7S/c1-16(2)23(28)26-19-10-8-17(9-11-19)22(27)15-33-24(29)18-5-3-7-21(13-18)34(30,31)25-14-20-6-4-12-32-20/h3-13,16,25H,14-15H2,1-2H3,(H,26,28). The molecule has 0 radical (unpaired) electrons. The summed E-state index contributed by atoms with van der Waals surface area (Å²) in [7, 11) is -3.90. The monoisotopic (exact) mass is 484 g/mol. The number of benzene rings is 2. The molecule has 2 N–H and O–H groups in total. The number of rotatable bonds is 10. The Morgan fingerprint density at radius 3 is 2.35 bits per heavy atom. The number of ether oxygens (including phenoxy) is 1. The molecule has 0 aliphatic rings. The molecule has 0 spiro atoms. The molecule has 0 aliphatic heterocycles. The van der Waals surface area contributed by atoms with Crippen LogP contribution in [0.2, 0.25) is 0 Å². The van der Waals surface area contributed by atoms with Gasteiger partial charge in [0.1, 0.15) is 5.76 Å². The highest BCUT2D eigenvalue weighted by Crippen LogP contribution is 2.15. The van der Waals surface area contributed by atoms with E-state index in [0.717, 1.165) is 0 Å². The SMILES string of the molecule is CC(C)C(=O)Nc1ccc(C(=O)COC(=O)c2cccc(S(=O)(=O)NCc3ccco3)c2)cc1. The molecule has 0 aliphatic carbocycles. The molecule has 1 heterocycles. The molecule has 1 aromatic heterocycles. The second kappa shape index (κ2) is 10.9. The summed E-state index contributed by atoms with van der Waals surface area (Å²) in [6, 6.07) is 14.8. The summed E-state index contributed by atoms with van der Waals surface area (Å²) >= 11 is 0. The van der Waals surface area contributed by atoms with E-state index in [9.17, 15) is 22.8 Å². The van der Waals surface area contributed by atoms with Crippen LogP contribution in [0.4, 0.5) is 5.69 Å². The zero-order valence-electron chi connectivity index (χ0n) is 18.6. The van der Waals surface area contributed by atoms with Gasteiger partial charge in [0.05, 0.1) is 23.3 Å². The second-order valence-electron chi connectivity index (χ2n) is 7.65. The van der Waals surface area contributed by atoms with Crippen molar-refractivity contribution in [3.8, 4) is 0 Å². The maximum absolute atomic E-state index is 12.5. The van der Waals surface area contributed by atoms with Crippen LogP contribution in [0.5, 0.6) is 0 Å². The van der Waals surface area contributed by atoms with E-state index in [-0.39, 0.29) is 28.8 Å². The molecule has 9 nitrogen and oxygen atoms in total. The van der Waals surface area contributed by atoms with Crippen molar-refractivity contribution in [1.29, 1.82) is 0 Å². The van der Waals surface area contributed by atoms with Gasteiger partial charge in [-0.25, -0.2) is 17.9 Å². The predicted octanol–water partition coefficient (Wildman–Crippen LogP) is 3.39. The zero-order chi connectivity index (χ0) is 24.7. The highest BCUT2D eigenvalue weighted by molar-refractivity contribution is 7.89. The van der Waals surface area contributed by atoms with E-state index in [4.69, 9.17) is 9.15 Å². The molecule has 2 aromatic carbocycles. The average Bonchev–Trinajstić information content (AvgIpc) is 3.35. The lowest BCUT2D eigenvalue weighted by Crippen LogP contribution is -2.23. The van der Waals surface area contributed by atoms with Crippen molar-refractivity contribution in [2.75, 3.05) is 11.9 Å². The number of nitrogens with one attached hydrogen (secondary N) is 2. The summed E-state index contributed by atoms with van der Waals surface area (Å²) in [5.41, 5.74) is 0.833. The second-order valence-corrected chi connectivity index (χ2v) is 9.42. The van der Waals surface area contributed by atoms with Gasteiger partial charge in [0.25, 0.3) is 0 Å². The smallest absolute Gasteiger partial charge is 0.338 e. The molecule has 1 amide bonds. The molecule has 0 fully saturated rings. The Morgan fingerprint density at radius 2 is 1.71 bits per heavy atom. The van der Waals surface area contributed by atoms with E-state index in [2.05, 4.69) is 10.0 Å². The minimum atomic E-state index is -3.90. The molecule has 3 rings (SSSR count). The Hall–Kier alpha value is -3.76. The molecule has 0 saturated heterocycles. The molecule has 0 bridgehead atoms. The van der Waals surface area contributed by atoms with Gasteiger partial charge in [-0.2, -0.15) is 0 Å². The van der Waals surface area contributed by atoms with Gasteiger partial charge in [0, 0.05) is 17.2 Å². The van der Waals surface area contributed by atoms with Crippen molar-refractivity contribution in [1.82, 2.24) is 4.72 Å². The van der Waals surface area contributed by atoms with Gasteiger partial charge < -0.3 is 14.5 Å². The minimum Gasteiger partial charge on any atom is -0.468 e. The number of ketones is 1. The Kier molecular flexibility index (Phi) is 7.98. The van der Waals surface area contributed by atoms with E-state index >= 15 is 0 Å². The molecular formula is C24H24N2O7S. The average molecular weight is 485 g/mol. The van der Waals surface area contributed by atoms with Gasteiger partial charge in [-0.1, -0.05) is 19.9 Å². The zero-order valence-corrected chi connectivity index (χ0v) is 19.4. The van der Waals surface area contributed by atoms with Crippen molar-refractivity contribution in [3.05, 3.63) is 83.8 Å². The first-order valence-corrected chi connectivity index (χ1v) is 11.9.